The zero-order chi connectivity index (χ0) is 12.8. The molecule has 0 saturated heterocycles. The van der Waals surface area contributed by atoms with Crippen LogP contribution in [0.2, 0.25) is 0 Å². The molecule has 1 aromatic rings. The molecule has 17 heavy (non-hydrogen) atoms. The Morgan fingerprint density at radius 3 is 2.88 bits per heavy atom. The zero-order valence-corrected chi connectivity index (χ0v) is 11.5. The van der Waals surface area contributed by atoms with E-state index in [0.717, 1.165) is 16.5 Å². The summed E-state index contributed by atoms with van der Waals surface area (Å²) in [5, 5.41) is 11.5. The Kier molecular flexibility index (Phi) is 5.17. The van der Waals surface area contributed by atoms with Crippen LogP contribution in [0, 0.1) is 18.3 Å². The van der Waals surface area contributed by atoms with Crippen molar-refractivity contribution in [2.24, 2.45) is 0 Å². The van der Waals surface area contributed by atoms with Gasteiger partial charge < -0.3 is 5.32 Å². The maximum atomic E-state index is 12.0. The summed E-state index contributed by atoms with van der Waals surface area (Å²) in [5.74, 6) is -0.120. The molecule has 0 radical (unpaired) electrons. The topological polar surface area (TPSA) is 52.9 Å². The van der Waals surface area contributed by atoms with Crippen molar-refractivity contribution in [1.29, 1.82) is 5.26 Å². The van der Waals surface area contributed by atoms with Gasteiger partial charge in [-0.1, -0.05) is 28.9 Å². The van der Waals surface area contributed by atoms with Crippen LogP contribution < -0.4 is 5.32 Å². The zero-order valence-electron chi connectivity index (χ0n) is 9.96. The average Bonchev–Trinajstić information content (AvgIpc) is 2.31. The van der Waals surface area contributed by atoms with Crippen molar-refractivity contribution in [3.63, 3.8) is 0 Å². The van der Waals surface area contributed by atoms with Crippen LogP contribution in [0.25, 0.3) is 0 Å². The van der Waals surface area contributed by atoms with E-state index in [1.54, 1.807) is 6.07 Å². The number of nitriles is 1. The number of nitrogens with zero attached hydrogens (tertiary/aromatic N) is 1. The predicted octanol–water partition coefficient (Wildman–Crippen LogP) is 3.18. The van der Waals surface area contributed by atoms with Crippen LogP contribution in [0.1, 0.15) is 35.7 Å². The van der Waals surface area contributed by atoms with Gasteiger partial charge in [0.15, 0.2) is 0 Å². The Hall–Kier alpha value is -1.34. The van der Waals surface area contributed by atoms with E-state index in [1.165, 1.54) is 0 Å². The largest absolute Gasteiger partial charge is 0.348 e. The maximum absolute atomic E-state index is 12.0. The predicted molar refractivity (Wildman–Crippen MR) is 70.7 cm³/mol. The van der Waals surface area contributed by atoms with E-state index in [9.17, 15) is 4.79 Å². The van der Waals surface area contributed by atoms with E-state index in [1.807, 2.05) is 26.0 Å². The first-order valence-corrected chi connectivity index (χ1v) is 6.31. The molecule has 0 fully saturated rings. The second-order valence-corrected chi connectivity index (χ2v) is 4.82. The highest BCUT2D eigenvalue weighted by Gasteiger charge is 2.13. The lowest BCUT2D eigenvalue weighted by atomic mass is 10.1. The van der Waals surface area contributed by atoms with Gasteiger partial charge in [-0.05, 0) is 31.0 Å². The highest BCUT2D eigenvalue weighted by molar-refractivity contribution is 9.10. The third-order valence-corrected chi connectivity index (χ3v) is 3.10. The number of nitrogens with one attached hydrogen (secondary N) is 1. The van der Waals surface area contributed by atoms with E-state index in [2.05, 4.69) is 27.3 Å². The second-order valence-electron chi connectivity index (χ2n) is 3.90. The number of halogens is 1. The van der Waals surface area contributed by atoms with Gasteiger partial charge in [-0.2, -0.15) is 5.26 Å². The van der Waals surface area contributed by atoms with Gasteiger partial charge >= 0.3 is 0 Å². The van der Waals surface area contributed by atoms with Crippen molar-refractivity contribution in [3.8, 4) is 6.07 Å². The monoisotopic (exact) mass is 294 g/mol. The highest BCUT2D eigenvalue weighted by Crippen LogP contribution is 2.16. The smallest absolute Gasteiger partial charge is 0.251 e. The number of hydrogen-bond donors (Lipinski definition) is 1. The molecular formula is C13H15BrN2O. The molecule has 0 aliphatic heterocycles. The molecule has 0 heterocycles. The van der Waals surface area contributed by atoms with E-state index in [4.69, 9.17) is 5.26 Å². The van der Waals surface area contributed by atoms with Gasteiger partial charge in [0.2, 0.25) is 0 Å². The summed E-state index contributed by atoms with van der Waals surface area (Å²) >= 11 is 3.35. The Morgan fingerprint density at radius 2 is 2.29 bits per heavy atom. The fourth-order valence-corrected chi connectivity index (χ4v) is 1.87. The minimum atomic E-state index is -0.120. The van der Waals surface area contributed by atoms with E-state index in [-0.39, 0.29) is 11.9 Å². The molecule has 90 valence electrons. The van der Waals surface area contributed by atoms with E-state index in [0.29, 0.717) is 12.0 Å². The van der Waals surface area contributed by atoms with Crippen LogP contribution in [-0.2, 0) is 0 Å². The second kappa shape index (κ2) is 6.41. The standard InChI is InChI=1S/C13H15BrN2O/c1-3-11(6-7-15)16-13(17)12-8-10(14)5-4-9(12)2/h4-5,8,11H,3,6H2,1-2H3,(H,16,17). The van der Waals surface area contributed by atoms with Crippen LogP contribution in [0.5, 0.6) is 0 Å². The highest BCUT2D eigenvalue weighted by atomic mass is 79.9. The number of amides is 1. The van der Waals surface area contributed by atoms with Gasteiger partial charge in [-0.15, -0.1) is 0 Å². The van der Waals surface area contributed by atoms with Gasteiger partial charge in [0.25, 0.3) is 5.91 Å². The molecule has 0 aliphatic rings. The van der Waals surface area contributed by atoms with Crippen molar-refractivity contribution in [2.75, 3.05) is 0 Å². The number of aryl methyl sites for hydroxylation is 1. The van der Waals surface area contributed by atoms with Crippen molar-refractivity contribution in [2.45, 2.75) is 32.7 Å². The van der Waals surface area contributed by atoms with Crippen molar-refractivity contribution >= 4 is 21.8 Å². The summed E-state index contributed by atoms with van der Waals surface area (Å²) < 4.78 is 0.876. The molecule has 0 aromatic heterocycles. The Morgan fingerprint density at radius 1 is 1.59 bits per heavy atom. The molecule has 3 nitrogen and oxygen atoms in total. The van der Waals surface area contributed by atoms with Crippen molar-refractivity contribution in [1.82, 2.24) is 5.32 Å². The minimum absolute atomic E-state index is 0.0779. The van der Waals surface area contributed by atoms with Crippen LogP contribution >= 0.6 is 15.9 Å². The molecule has 1 rings (SSSR count). The summed E-state index contributed by atoms with van der Waals surface area (Å²) in [6.45, 7) is 3.85. The summed E-state index contributed by atoms with van der Waals surface area (Å²) in [4.78, 5) is 12.0. The average molecular weight is 295 g/mol. The molecule has 0 bridgehead atoms. The van der Waals surface area contributed by atoms with Crippen LogP contribution in [0.15, 0.2) is 22.7 Å². The van der Waals surface area contributed by atoms with Crippen LogP contribution in [-0.4, -0.2) is 11.9 Å². The lowest BCUT2D eigenvalue weighted by Crippen LogP contribution is -2.34. The van der Waals surface area contributed by atoms with Gasteiger partial charge in [0.05, 0.1) is 12.5 Å². The third-order valence-electron chi connectivity index (χ3n) is 2.61. The molecule has 0 spiro atoms. The maximum Gasteiger partial charge on any atom is 0.251 e. The number of hydrogen-bond acceptors (Lipinski definition) is 2. The molecule has 4 heteroatoms. The van der Waals surface area contributed by atoms with Crippen molar-refractivity contribution < 1.29 is 4.79 Å². The molecule has 0 aliphatic carbocycles. The normalized spacial score (nSPS) is 11.6. The summed E-state index contributed by atoms with van der Waals surface area (Å²) in [7, 11) is 0. The first-order valence-electron chi connectivity index (χ1n) is 5.52. The van der Waals surface area contributed by atoms with E-state index < -0.39 is 0 Å². The summed E-state index contributed by atoms with van der Waals surface area (Å²) in [6, 6.07) is 7.59. The van der Waals surface area contributed by atoms with Gasteiger partial charge in [-0.3, -0.25) is 4.79 Å². The van der Waals surface area contributed by atoms with Crippen LogP contribution in [0.3, 0.4) is 0 Å². The first kappa shape index (κ1) is 13.7. The summed E-state index contributed by atoms with van der Waals surface area (Å²) in [5.41, 5.74) is 1.58. The first-order chi connectivity index (χ1) is 8.08. The number of carbonyl (C=O) groups excluding carboxylic acids is 1. The Bertz CT molecular complexity index is 451. The molecule has 1 aromatic carbocycles. The molecule has 1 unspecified atom stereocenters. The molecule has 1 N–H and O–H groups in total. The van der Waals surface area contributed by atoms with E-state index >= 15 is 0 Å². The SMILES string of the molecule is CCC(CC#N)NC(=O)c1cc(Br)ccc1C. The van der Waals surface area contributed by atoms with Gasteiger partial charge in [0, 0.05) is 16.1 Å². The number of carbonyl (C=O) groups is 1. The fourth-order valence-electron chi connectivity index (χ4n) is 1.51. The Balaban J connectivity index is 2.82. The number of benzene rings is 1. The molecule has 1 amide bonds. The third kappa shape index (κ3) is 3.86. The van der Waals surface area contributed by atoms with Gasteiger partial charge in [-0.25, -0.2) is 0 Å². The van der Waals surface area contributed by atoms with Crippen LogP contribution in [0.4, 0.5) is 0 Å². The molecular weight excluding hydrogens is 280 g/mol. The quantitative estimate of drug-likeness (QED) is 0.927. The minimum Gasteiger partial charge on any atom is -0.348 e. The molecule has 1 atom stereocenters. The van der Waals surface area contributed by atoms with Gasteiger partial charge in [0.1, 0.15) is 0 Å². The fraction of sp³-hybridized carbons (Fsp3) is 0.385. The number of rotatable bonds is 4. The lowest BCUT2D eigenvalue weighted by Gasteiger charge is -2.14. The Labute approximate surface area is 110 Å². The molecule has 0 saturated carbocycles. The van der Waals surface area contributed by atoms with Crippen molar-refractivity contribution in [3.05, 3.63) is 33.8 Å². The lowest BCUT2D eigenvalue weighted by molar-refractivity contribution is 0.0936. The summed E-state index contributed by atoms with van der Waals surface area (Å²) in [6.07, 6.45) is 1.10.